The second-order valence-corrected chi connectivity index (χ2v) is 5.25. The molecule has 0 aromatic carbocycles. The Balaban J connectivity index is 2.04. The van der Waals surface area contributed by atoms with Crippen molar-refractivity contribution in [3.63, 3.8) is 0 Å². The van der Waals surface area contributed by atoms with Crippen molar-refractivity contribution in [3.05, 3.63) is 23.7 Å². The molecule has 2 rings (SSSR count). The van der Waals surface area contributed by atoms with Gasteiger partial charge in [-0.25, -0.2) is 0 Å². The van der Waals surface area contributed by atoms with Gasteiger partial charge in [-0.2, -0.15) is 0 Å². The molecule has 0 aliphatic carbocycles. The minimum atomic E-state index is -0.422. The zero-order chi connectivity index (χ0) is 13.2. The van der Waals surface area contributed by atoms with Crippen molar-refractivity contribution < 1.29 is 9.21 Å². The number of furan rings is 1. The Bertz CT molecular complexity index is 419. The van der Waals surface area contributed by atoms with Crippen molar-refractivity contribution >= 4 is 5.91 Å². The molecule has 0 radical (unpaired) electrons. The van der Waals surface area contributed by atoms with E-state index in [1.165, 1.54) is 0 Å². The first kappa shape index (κ1) is 13.1. The van der Waals surface area contributed by atoms with Gasteiger partial charge in [-0.3, -0.25) is 4.79 Å². The maximum atomic E-state index is 12.3. The van der Waals surface area contributed by atoms with E-state index in [0.717, 1.165) is 37.3 Å². The van der Waals surface area contributed by atoms with E-state index < -0.39 is 5.54 Å². The van der Waals surface area contributed by atoms with Gasteiger partial charge in [0.25, 0.3) is 0 Å². The van der Waals surface area contributed by atoms with Gasteiger partial charge in [-0.15, -0.1) is 0 Å². The molecule has 1 aromatic heterocycles. The topological polar surface area (TPSA) is 54.3 Å². The van der Waals surface area contributed by atoms with Gasteiger partial charge in [-0.05, 0) is 51.8 Å². The van der Waals surface area contributed by atoms with E-state index in [2.05, 4.69) is 10.6 Å². The molecule has 2 atom stereocenters. The van der Waals surface area contributed by atoms with E-state index in [0.29, 0.717) is 0 Å². The van der Waals surface area contributed by atoms with Crippen LogP contribution in [0.25, 0.3) is 0 Å². The molecule has 100 valence electrons. The lowest BCUT2D eigenvalue weighted by Gasteiger charge is -2.26. The lowest BCUT2D eigenvalue weighted by molar-refractivity contribution is -0.127. The largest absolute Gasteiger partial charge is 0.464 e. The summed E-state index contributed by atoms with van der Waals surface area (Å²) >= 11 is 0. The number of rotatable bonds is 4. The van der Waals surface area contributed by atoms with Crippen molar-refractivity contribution in [2.45, 2.75) is 51.6 Å². The smallest absolute Gasteiger partial charge is 0.240 e. The molecule has 4 heteroatoms. The molecular weight excluding hydrogens is 228 g/mol. The quantitative estimate of drug-likeness (QED) is 0.862. The molecule has 1 aliphatic heterocycles. The Labute approximate surface area is 108 Å². The molecule has 1 aromatic rings. The fraction of sp³-hybridized carbons (Fsp3) is 0.643. The highest BCUT2D eigenvalue weighted by Gasteiger charge is 2.37. The lowest BCUT2D eigenvalue weighted by Crippen LogP contribution is -2.51. The highest BCUT2D eigenvalue weighted by atomic mass is 16.3. The van der Waals surface area contributed by atoms with Gasteiger partial charge in [0, 0.05) is 0 Å². The molecule has 1 saturated heterocycles. The Morgan fingerprint density at radius 2 is 2.39 bits per heavy atom. The third kappa shape index (κ3) is 2.58. The average Bonchev–Trinajstić information content (AvgIpc) is 2.96. The predicted molar refractivity (Wildman–Crippen MR) is 70.3 cm³/mol. The molecule has 2 N–H and O–H groups in total. The standard InChI is InChI=1S/C14H22N2O2/c1-4-11(12-7-6-10(2)18-12)16-13(17)14(3)8-5-9-15-14/h6-7,11,15H,4-5,8-9H2,1-3H3,(H,16,17)/t11-,14?/m0/s1. The van der Waals surface area contributed by atoms with Gasteiger partial charge in [0.05, 0.1) is 11.6 Å². The predicted octanol–water partition coefficient (Wildman–Crippen LogP) is 2.30. The number of carbonyl (C=O) groups is 1. The summed E-state index contributed by atoms with van der Waals surface area (Å²) < 4.78 is 5.60. The van der Waals surface area contributed by atoms with E-state index in [4.69, 9.17) is 4.42 Å². The van der Waals surface area contributed by atoms with Crippen molar-refractivity contribution in [2.24, 2.45) is 0 Å². The van der Waals surface area contributed by atoms with Crippen LogP contribution in [-0.4, -0.2) is 18.0 Å². The fourth-order valence-corrected chi connectivity index (χ4v) is 2.42. The van der Waals surface area contributed by atoms with Crippen LogP contribution < -0.4 is 10.6 Å². The van der Waals surface area contributed by atoms with Gasteiger partial charge in [0.2, 0.25) is 5.91 Å². The van der Waals surface area contributed by atoms with Crippen molar-refractivity contribution in [1.82, 2.24) is 10.6 Å². The minimum absolute atomic E-state index is 0.0366. The zero-order valence-corrected chi connectivity index (χ0v) is 11.4. The van der Waals surface area contributed by atoms with Crippen LogP contribution in [0, 0.1) is 6.92 Å². The second-order valence-electron chi connectivity index (χ2n) is 5.25. The van der Waals surface area contributed by atoms with Crippen molar-refractivity contribution in [3.8, 4) is 0 Å². The Morgan fingerprint density at radius 3 is 2.89 bits per heavy atom. The number of nitrogens with one attached hydrogen (secondary N) is 2. The first-order valence-electron chi connectivity index (χ1n) is 6.67. The summed E-state index contributed by atoms with van der Waals surface area (Å²) in [4.78, 5) is 12.3. The molecule has 1 fully saturated rings. The van der Waals surface area contributed by atoms with Gasteiger partial charge in [0.1, 0.15) is 11.5 Å². The third-order valence-corrected chi connectivity index (χ3v) is 3.69. The van der Waals surface area contributed by atoms with Crippen molar-refractivity contribution in [2.75, 3.05) is 6.54 Å². The molecule has 18 heavy (non-hydrogen) atoms. The maximum Gasteiger partial charge on any atom is 0.240 e. The van der Waals surface area contributed by atoms with Crippen LogP contribution in [0.15, 0.2) is 16.5 Å². The Morgan fingerprint density at radius 1 is 1.61 bits per heavy atom. The van der Waals surface area contributed by atoms with Crippen LogP contribution in [-0.2, 0) is 4.79 Å². The lowest BCUT2D eigenvalue weighted by atomic mass is 9.98. The van der Waals surface area contributed by atoms with Crippen LogP contribution in [0.3, 0.4) is 0 Å². The van der Waals surface area contributed by atoms with Crippen LogP contribution in [0.2, 0.25) is 0 Å². The number of amides is 1. The summed E-state index contributed by atoms with van der Waals surface area (Å²) in [5.74, 6) is 1.79. The van der Waals surface area contributed by atoms with Crippen LogP contribution >= 0.6 is 0 Å². The number of hydrogen-bond acceptors (Lipinski definition) is 3. The van der Waals surface area contributed by atoms with E-state index >= 15 is 0 Å². The average molecular weight is 250 g/mol. The monoisotopic (exact) mass is 250 g/mol. The highest BCUT2D eigenvalue weighted by Crippen LogP contribution is 2.23. The van der Waals surface area contributed by atoms with Crippen LogP contribution in [0.4, 0.5) is 0 Å². The third-order valence-electron chi connectivity index (χ3n) is 3.69. The van der Waals surface area contributed by atoms with E-state index in [9.17, 15) is 4.79 Å². The Hall–Kier alpha value is -1.29. The number of hydrogen-bond donors (Lipinski definition) is 2. The molecule has 0 spiro atoms. The number of aryl methyl sites for hydroxylation is 1. The summed E-state index contributed by atoms with van der Waals surface area (Å²) in [6.45, 7) is 6.85. The maximum absolute atomic E-state index is 12.3. The minimum Gasteiger partial charge on any atom is -0.464 e. The zero-order valence-electron chi connectivity index (χ0n) is 11.4. The molecule has 0 saturated carbocycles. The van der Waals surface area contributed by atoms with E-state index in [1.54, 1.807) is 0 Å². The summed E-state index contributed by atoms with van der Waals surface area (Å²) in [7, 11) is 0. The summed E-state index contributed by atoms with van der Waals surface area (Å²) in [5.41, 5.74) is -0.422. The molecule has 1 unspecified atom stereocenters. The molecule has 1 amide bonds. The highest BCUT2D eigenvalue weighted by molar-refractivity contribution is 5.86. The number of carbonyl (C=O) groups excluding carboxylic acids is 1. The van der Waals surface area contributed by atoms with Gasteiger partial charge in [0.15, 0.2) is 0 Å². The normalized spacial score (nSPS) is 25.1. The molecule has 1 aliphatic rings. The van der Waals surface area contributed by atoms with Crippen LogP contribution in [0.1, 0.15) is 50.7 Å². The second kappa shape index (κ2) is 5.14. The first-order valence-corrected chi connectivity index (χ1v) is 6.67. The van der Waals surface area contributed by atoms with Gasteiger partial charge < -0.3 is 15.1 Å². The van der Waals surface area contributed by atoms with E-state index in [1.807, 2.05) is 32.9 Å². The van der Waals surface area contributed by atoms with E-state index in [-0.39, 0.29) is 11.9 Å². The molecule has 2 heterocycles. The molecular formula is C14H22N2O2. The first-order chi connectivity index (χ1) is 8.55. The summed E-state index contributed by atoms with van der Waals surface area (Å²) in [6, 6.07) is 3.83. The fourth-order valence-electron chi connectivity index (χ4n) is 2.42. The molecule has 0 bridgehead atoms. The Kier molecular flexibility index (Phi) is 3.76. The summed E-state index contributed by atoms with van der Waals surface area (Å²) in [5, 5.41) is 6.36. The van der Waals surface area contributed by atoms with Gasteiger partial charge >= 0.3 is 0 Å². The van der Waals surface area contributed by atoms with Crippen LogP contribution in [0.5, 0.6) is 0 Å². The summed E-state index contributed by atoms with van der Waals surface area (Å²) in [6.07, 6.45) is 2.78. The molecule has 4 nitrogen and oxygen atoms in total. The van der Waals surface area contributed by atoms with Crippen molar-refractivity contribution in [1.29, 1.82) is 0 Å². The van der Waals surface area contributed by atoms with Gasteiger partial charge in [-0.1, -0.05) is 6.92 Å². The SMILES string of the molecule is CC[C@H](NC(=O)C1(C)CCCN1)c1ccc(C)o1.